The summed E-state index contributed by atoms with van der Waals surface area (Å²) in [5, 5.41) is 3.02. The van der Waals surface area contributed by atoms with E-state index in [-0.39, 0.29) is 42.5 Å². The Morgan fingerprint density at radius 1 is 0.855 bits per heavy atom. The number of benzene rings is 4. The van der Waals surface area contributed by atoms with Crippen LogP contribution in [0.3, 0.4) is 0 Å². The molecule has 1 saturated carbocycles. The number of carbonyl (C=O) groups is 3. The van der Waals surface area contributed by atoms with E-state index in [2.05, 4.69) is 65.6 Å². The van der Waals surface area contributed by atoms with Gasteiger partial charge in [0.05, 0.1) is 36.7 Å². The van der Waals surface area contributed by atoms with Gasteiger partial charge >= 0.3 is 5.69 Å². The predicted molar refractivity (Wildman–Crippen MR) is 244 cm³/mol. The minimum absolute atomic E-state index is 0.00889. The zero-order valence-electron chi connectivity index (χ0n) is 36.5. The number of aryl methyl sites for hydroxylation is 1. The van der Waals surface area contributed by atoms with Crippen molar-refractivity contribution in [2.75, 3.05) is 44.1 Å². The van der Waals surface area contributed by atoms with Crippen LogP contribution in [0.15, 0.2) is 83.7 Å². The number of rotatable bonds is 13. The quantitative estimate of drug-likeness (QED) is 0.120. The molecule has 4 aromatic carbocycles. The number of ether oxygens (including phenoxy) is 2. The van der Waals surface area contributed by atoms with Crippen LogP contribution in [0.5, 0.6) is 11.5 Å². The number of likely N-dealkylation sites (N-methyl/N-ethyl adjacent to an activating group) is 1. The maximum Gasteiger partial charge on any atom is 0.329 e. The second-order valence-electron chi connectivity index (χ2n) is 17.6. The molecule has 62 heavy (non-hydrogen) atoms. The number of aromatic nitrogens is 2. The molecule has 1 aromatic heterocycles. The lowest BCUT2D eigenvalue weighted by Crippen LogP contribution is -2.44. The zero-order chi connectivity index (χ0) is 43.8. The fourth-order valence-corrected chi connectivity index (χ4v) is 9.87. The highest BCUT2D eigenvalue weighted by atomic mass is 35.5. The van der Waals surface area contributed by atoms with Crippen LogP contribution >= 0.6 is 11.6 Å². The number of nitrogens with zero attached hydrogens (tertiary/aromatic N) is 5. The molecule has 0 spiro atoms. The molecule has 0 radical (unpaired) electrons. The number of imidazole rings is 1. The lowest BCUT2D eigenvalue weighted by molar-refractivity contribution is -0.135. The largest absolute Gasteiger partial charge is 0.493 e. The highest BCUT2D eigenvalue weighted by Crippen LogP contribution is 2.44. The van der Waals surface area contributed by atoms with E-state index in [1.165, 1.54) is 4.57 Å². The molecular weight excluding hydrogens is 804 g/mol. The van der Waals surface area contributed by atoms with Crippen molar-refractivity contribution in [2.45, 2.75) is 89.4 Å². The van der Waals surface area contributed by atoms with Crippen LogP contribution < -0.4 is 30.3 Å². The van der Waals surface area contributed by atoms with E-state index in [0.717, 1.165) is 84.3 Å². The zero-order valence-corrected chi connectivity index (χ0v) is 37.3. The molecule has 3 aliphatic rings. The van der Waals surface area contributed by atoms with Gasteiger partial charge in [0.1, 0.15) is 6.04 Å². The van der Waals surface area contributed by atoms with Gasteiger partial charge in [-0.3, -0.25) is 28.8 Å². The van der Waals surface area contributed by atoms with Gasteiger partial charge in [-0.15, -0.1) is 0 Å². The van der Waals surface area contributed by atoms with Crippen molar-refractivity contribution < 1.29 is 23.9 Å². The highest BCUT2D eigenvalue weighted by molar-refractivity contribution is 6.30. The van der Waals surface area contributed by atoms with Crippen LogP contribution in [-0.2, 0) is 34.3 Å². The summed E-state index contributed by atoms with van der Waals surface area (Å²) in [5.41, 5.74) is 7.22. The van der Waals surface area contributed by atoms with E-state index in [1.807, 2.05) is 61.2 Å². The van der Waals surface area contributed by atoms with E-state index in [9.17, 15) is 19.2 Å². The normalized spacial score (nSPS) is 20.5. The maximum atomic E-state index is 14.1. The average Bonchev–Trinajstić information content (AvgIpc) is 3.50. The number of halogens is 1. The highest BCUT2D eigenvalue weighted by Gasteiger charge is 2.37. The van der Waals surface area contributed by atoms with Crippen LogP contribution in [0.25, 0.3) is 11.0 Å². The summed E-state index contributed by atoms with van der Waals surface area (Å²) < 4.78 is 15.0. The first-order valence-electron chi connectivity index (χ1n) is 21.8. The number of hydrogen-bond acceptors (Lipinski definition) is 8. The number of imide groups is 1. The first-order chi connectivity index (χ1) is 29.8. The third kappa shape index (κ3) is 8.72. The van der Waals surface area contributed by atoms with Gasteiger partial charge < -0.3 is 24.2 Å². The SMILES string of the molecule is COc1cc2c(cc1OC(C)C)C(c1ccc(Cl)cc1)N(c1ccc(N(C)C[C@H]3CC[C@H](N(C)CCc4ccc5c(c4)n(C)c(=O)n5C4CCC(=O)NC4=O)CC3)cc1)C(=O)C2. The maximum absolute atomic E-state index is 14.1. The van der Waals surface area contributed by atoms with E-state index in [0.29, 0.717) is 40.4 Å². The van der Waals surface area contributed by atoms with Gasteiger partial charge in [0, 0.05) is 56.0 Å². The van der Waals surface area contributed by atoms with Gasteiger partial charge in [-0.1, -0.05) is 29.8 Å². The van der Waals surface area contributed by atoms with Crippen molar-refractivity contribution >= 4 is 51.7 Å². The Kier molecular flexibility index (Phi) is 12.5. The number of amides is 3. The fourth-order valence-electron chi connectivity index (χ4n) is 9.74. The number of piperidine rings is 1. The molecule has 3 heterocycles. The van der Waals surface area contributed by atoms with E-state index in [1.54, 1.807) is 18.7 Å². The Balaban J connectivity index is 0.889. The van der Waals surface area contributed by atoms with Crippen molar-refractivity contribution in [1.82, 2.24) is 19.4 Å². The van der Waals surface area contributed by atoms with Crippen LogP contribution in [0.4, 0.5) is 11.4 Å². The van der Waals surface area contributed by atoms with Crippen molar-refractivity contribution in [1.29, 1.82) is 0 Å². The second kappa shape index (κ2) is 18.0. The van der Waals surface area contributed by atoms with Crippen molar-refractivity contribution in [3.63, 3.8) is 0 Å². The molecule has 2 aliphatic heterocycles. The first kappa shape index (κ1) is 43.1. The van der Waals surface area contributed by atoms with Crippen LogP contribution in [0.2, 0.25) is 5.02 Å². The van der Waals surface area contributed by atoms with Gasteiger partial charge in [-0.05, 0) is 148 Å². The summed E-state index contributed by atoms with van der Waals surface area (Å²) in [6, 6.07) is 25.5. The number of fused-ring (bicyclic) bond motifs is 2. The second-order valence-corrected chi connectivity index (χ2v) is 18.0. The molecule has 1 aliphatic carbocycles. The van der Waals surface area contributed by atoms with E-state index < -0.39 is 11.9 Å². The van der Waals surface area contributed by atoms with Crippen molar-refractivity contribution in [3.8, 4) is 11.5 Å². The molecule has 8 rings (SSSR count). The average molecular weight is 861 g/mol. The third-order valence-corrected chi connectivity index (χ3v) is 13.4. The molecule has 0 bridgehead atoms. The minimum atomic E-state index is -0.688. The minimum Gasteiger partial charge on any atom is -0.493 e. The Labute approximate surface area is 368 Å². The molecule has 12 nitrogen and oxygen atoms in total. The molecule has 1 N–H and O–H groups in total. The van der Waals surface area contributed by atoms with Gasteiger partial charge in [-0.2, -0.15) is 0 Å². The lowest BCUT2D eigenvalue weighted by Gasteiger charge is -2.38. The number of methoxy groups -OCH3 is 1. The molecule has 1 saturated heterocycles. The summed E-state index contributed by atoms with van der Waals surface area (Å²) in [6.45, 7) is 5.83. The molecule has 326 valence electrons. The summed E-state index contributed by atoms with van der Waals surface area (Å²) in [5.74, 6) is 1.13. The smallest absolute Gasteiger partial charge is 0.329 e. The number of anilines is 2. The Morgan fingerprint density at radius 3 is 2.26 bits per heavy atom. The molecule has 2 atom stereocenters. The summed E-state index contributed by atoms with van der Waals surface area (Å²) in [7, 11) is 7.73. The molecule has 13 heteroatoms. The van der Waals surface area contributed by atoms with E-state index >= 15 is 0 Å². The fraction of sp³-hybridized carbons (Fsp3) is 0.429. The summed E-state index contributed by atoms with van der Waals surface area (Å²) in [4.78, 5) is 58.3. The number of carbonyl (C=O) groups excluding carboxylic acids is 3. The summed E-state index contributed by atoms with van der Waals surface area (Å²) in [6.07, 6.45) is 6.16. The van der Waals surface area contributed by atoms with Crippen LogP contribution in [-0.4, -0.2) is 78.2 Å². The molecule has 3 amide bonds. The van der Waals surface area contributed by atoms with E-state index in [4.69, 9.17) is 21.1 Å². The Morgan fingerprint density at radius 2 is 1.58 bits per heavy atom. The molecule has 5 aromatic rings. The lowest BCUT2D eigenvalue weighted by atomic mass is 9.85. The van der Waals surface area contributed by atoms with Crippen molar-refractivity contribution in [2.24, 2.45) is 13.0 Å². The molecule has 2 unspecified atom stereocenters. The first-order valence-corrected chi connectivity index (χ1v) is 22.2. The predicted octanol–water partition coefficient (Wildman–Crippen LogP) is 7.62. The van der Waals surface area contributed by atoms with Crippen LogP contribution in [0, 0.1) is 5.92 Å². The Bertz CT molecular complexity index is 2520. The Hall–Kier alpha value is -5.59. The van der Waals surface area contributed by atoms with Gasteiger partial charge in [0.2, 0.25) is 17.7 Å². The summed E-state index contributed by atoms with van der Waals surface area (Å²) >= 11 is 6.33. The topological polar surface area (TPSA) is 118 Å². The van der Waals surface area contributed by atoms with Crippen LogP contribution in [0.1, 0.15) is 86.7 Å². The third-order valence-electron chi connectivity index (χ3n) is 13.1. The van der Waals surface area contributed by atoms with Gasteiger partial charge in [-0.25, -0.2) is 4.79 Å². The standard InChI is InChI=1S/C49H57ClN6O6/c1-30(2)62-44-28-39-34(26-43(44)61-6)27-46(58)55(47(39)33-10-12-35(50)13-11-33)38-18-16-37(17-19-38)53(4)29-32-7-14-36(15-8-32)52(3)24-23-31-9-20-40-42(25-31)54(5)49(60)56(40)41-21-22-45(57)51-48(41)59/h9-13,16-20,25-26,28,30,32,36,41,47H,7-8,14-15,21-24,27,29H2,1-6H3,(H,51,57,59)/t32-,36-,41?,47?. The van der Waals surface area contributed by atoms with Crippen molar-refractivity contribution in [3.05, 3.63) is 117 Å². The molecular formula is C49H57ClN6O6. The van der Waals surface area contributed by atoms with Gasteiger partial charge in [0.25, 0.3) is 0 Å². The number of hydrogen-bond donors (Lipinski definition) is 1. The van der Waals surface area contributed by atoms with Gasteiger partial charge in [0.15, 0.2) is 11.5 Å². The monoisotopic (exact) mass is 860 g/mol. The number of nitrogens with one attached hydrogen (secondary N) is 1. The molecule has 2 fully saturated rings.